The largest absolute Gasteiger partial charge is 0.480 e. The summed E-state index contributed by atoms with van der Waals surface area (Å²) in [5, 5.41) is 11.0. The summed E-state index contributed by atoms with van der Waals surface area (Å²) in [5.74, 6) is -0.306. The second-order valence-electron chi connectivity index (χ2n) is 2.11. The van der Waals surface area contributed by atoms with Crippen molar-refractivity contribution < 1.29 is 9.90 Å². The van der Waals surface area contributed by atoms with Crippen molar-refractivity contribution in [1.82, 2.24) is 4.98 Å². The summed E-state index contributed by atoms with van der Waals surface area (Å²) in [5.41, 5.74) is 0. The molecule has 2 N–H and O–H groups in total. The number of carboxylic acids is 1. The van der Waals surface area contributed by atoms with Gasteiger partial charge in [0.2, 0.25) is 0 Å². The number of hydrogen-bond acceptors (Lipinski definition) is 3. The highest BCUT2D eigenvalue weighted by molar-refractivity contribution is 14.1. The topological polar surface area (TPSA) is 62.2 Å². The van der Waals surface area contributed by atoms with Crippen LogP contribution in [-0.4, -0.2) is 22.6 Å². The molecule has 4 nitrogen and oxygen atoms in total. The first-order valence-electron chi connectivity index (χ1n) is 3.25. The predicted molar refractivity (Wildman–Crippen MR) is 60.3 cm³/mol. The maximum Gasteiger partial charge on any atom is 0.322 e. The van der Waals surface area contributed by atoms with E-state index in [9.17, 15) is 4.79 Å². The van der Waals surface area contributed by atoms with Crippen LogP contribution in [0.25, 0.3) is 0 Å². The highest BCUT2D eigenvalue weighted by Gasteiger charge is 1.97. The minimum Gasteiger partial charge on any atom is -0.480 e. The molecule has 0 amide bonds. The molecule has 0 atom stereocenters. The fraction of sp³-hybridized carbons (Fsp3) is 0.143. The van der Waals surface area contributed by atoms with Gasteiger partial charge in [-0.05, 0) is 34.7 Å². The van der Waals surface area contributed by atoms with Gasteiger partial charge in [0, 0.05) is 9.77 Å². The molecular formula is C7H8ClIN2O2. The molecule has 0 fully saturated rings. The van der Waals surface area contributed by atoms with Crippen LogP contribution in [0.1, 0.15) is 0 Å². The van der Waals surface area contributed by atoms with Gasteiger partial charge in [0.05, 0.1) is 0 Å². The molecule has 6 heteroatoms. The van der Waals surface area contributed by atoms with Crippen molar-refractivity contribution in [3.63, 3.8) is 0 Å². The molecule has 0 aliphatic carbocycles. The predicted octanol–water partition coefficient (Wildman–Crippen LogP) is 1.60. The molecule has 0 unspecified atom stereocenters. The van der Waals surface area contributed by atoms with E-state index in [1.807, 2.05) is 6.07 Å². The lowest BCUT2D eigenvalue weighted by molar-refractivity contribution is -0.134. The van der Waals surface area contributed by atoms with Crippen molar-refractivity contribution >= 4 is 46.8 Å². The van der Waals surface area contributed by atoms with Crippen LogP contribution in [0.15, 0.2) is 18.3 Å². The third-order valence-corrected chi connectivity index (χ3v) is 1.81. The average Bonchev–Trinajstić information content (AvgIpc) is 2.01. The van der Waals surface area contributed by atoms with Crippen LogP contribution in [0.3, 0.4) is 0 Å². The van der Waals surface area contributed by atoms with E-state index in [1.165, 1.54) is 0 Å². The van der Waals surface area contributed by atoms with Crippen molar-refractivity contribution in [3.05, 3.63) is 21.9 Å². The first-order chi connectivity index (χ1) is 5.68. The Labute approximate surface area is 95.3 Å². The summed E-state index contributed by atoms with van der Waals surface area (Å²) >= 11 is 2.14. The number of nitrogens with one attached hydrogen (secondary N) is 1. The summed E-state index contributed by atoms with van der Waals surface area (Å²) < 4.78 is 1.02. The van der Waals surface area contributed by atoms with Gasteiger partial charge in [0.15, 0.2) is 0 Å². The molecule has 1 aromatic heterocycles. The van der Waals surface area contributed by atoms with Crippen molar-refractivity contribution in [2.75, 3.05) is 11.9 Å². The summed E-state index contributed by atoms with van der Waals surface area (Å²) in [7, 11) is 0. The number of aromatic nitrogens is 1. The number of carboxylic acid groups (broad SMARTS) is 1. The highest BCUT2D eigenvalue weighted by Crippen LogP contribution is 2.07. The molecule has 0 radical (unpaired) electrons. The van der Waals surface area contributed by atoms with Gasteiger partial charge in [-0.2, -0.15) is 0 Å². The van der Waals surface area contributed by atoms with Crippen LogP contribution in [-0.2, 0) is 4.79 Å². The lowest BCUT2D eigenvalue weighted by atomic mass is 10.4. The van der Waals surface area contributed by atoms with E-state index in [4.69, 9.17) is 5.11 Å². The molecule has 1 heterocycles. The Morgan fingerprint density at radius 3 is 2.92 bits per heavy atom. The number of carbonyl (C=O) groups is 1. The Morgan fingerprint density at radius 2 is 2.38 bits per heavy atom. The first-order valence-corrected chi connectivity index (χ1v) is 4.33. The van der Waals surface area contributed by atoms with Crippen molar-refractivity contribution in [2.24, 2.45) is 0 Å². The monoisotopic (exact) mass is 314 g/mol. The summed E-state index contributed by atoms with van der Waals surface area (Å²) in [6, 6.07) is 3.62. The zero-order valence-corrected chi connectivity index (χ0v) is 9.50. The van der Waals surface area contributed by atoms with E-state index < -0.39 is 5.97 Å². The molecular weight excluding hydrogens is 306 g/mol. The zero-order valence-electron chi connectivity index (χ0n) is 6.53. The fourth-order valence-corrected chi connectivity index (χ4v) is 1.12. The number of aliphatic carboxylic acids is 1. The normalized spacial score (nSPS) is 8.69. The Balaban J connectivity index is 0.00000144. The second-order valence-corrected chi connectivity index (χ2v) is 3.35. The van der Waals surface area contributed by atoms with E-state index in [0.29, 0.717) is 5.82 Å². The smallest absolute Gasteiger partial charge is 0.322 e. The van der Waals surface area contributed by atoms with Gasteiger partial charge in [-0.15, -0.1) is 12.4 Å². The molecule has 0 saturated heterocycles. The molecule has 13 heavy (non-hydrogen) atoms. The number of hydrogen-bond donors (Lipinski definition) is 2. The third kappa shape index (κ3) is 4.89. The quantitative estimate of drug-likeness (QED) is 0.832. The van der Waals surface area contributed by atoms with Crippen LogP contribution in [0.5, 0.6) is 0 Å². The summed E-state index contributed by atoms with van der Waals surface area (Å²) in [6.07, 6.45) is 1.63. The van der Waals surface area contributed by atoms with Gasteiger partial charge in [-0.3, -0.25) is 4.79 Å². The molecule has 0 saturated carbocycles. The Bertz CT molecular complexity index is 296. The average molecular weight is 315 g/mol. The van der Waals surface area contributed by atoms with Gasteiger partial charge >= 0.3 is 5.97 Å². The van der Waals surface area contributed by atoms with Gasteiger partial charge in [0.1, 0.15) is 12.4 Å². The maximum atomic E-state index is 10.2. The molecule has 0 aliphatic rings. The van der Waals surface area contributed by atoms with Crippen LogP contribution in [0.4, 0.5) is 5.82 Å². The molecule has 1 rings (SSSR count). The molecule has 0 bridgehead atoms. The van der Waals surface area contributed by atoms with Crippen LogP contribution in [0.2, 0.25) is 0 Å². The highest BCUT2D eigenvalue weighted by atomic mass is 127. The first kappa shape index (κ1) is 12.4. The van der Waals surface area contributed by atoms with Crippen LogP contribution >= 0.6 is 35.0 Å². The van der Waals surface area contributed by atoms with Gasteiger partial charge < -0.3 is 10.4 Å². The number of halogens is 2. The standard InChI is InChI=1S/C7H7IN2O2.ClH/c8-5-1-2-9-6(3-5)10-4-7(11)12;/h1-3H,4H2,(H,9,10)(H,11,12);1H. The second kappa shape index (κ2) is 5.98. The zero-order chi connectivity index (χ0) is 8.97. The Kier molecular flexibility index (Phi) is 5.72. The van der Waals surface area contributed by atoms with Crippen LogP contribution in [0, 0.1) is 3.57 Å². The van der Waals surface area contributed by atoms with Crippen LogP contribution < -0.4 is 5.32 Å². The number of nitrogens with zero attached hydrogens (tertiary/aromatic N) is 1. The summed E-state index contributed by atoms with van der Waals surface area (Å²) in [6.45, 7) is -0.104. The molecule has 1 aromatic rings. The van der Waals surface area contributed by atoms with E-state index in [1.54, 1.807) is 12.3 Å². The Morgan fingerprint density at radius 1 is 1.69 bits per heavy atom. The molecule has 0 aromatic carbocycles. The fourth-order valence-electron chi connectivity index (χ4n) is 0.668. The van der Waals surface area contributed by atoms with Crippen molar-refractivity contribution in [2.45, 2.75) is 0 Å². The van der Waals surface area contributed by atoms with Crippen molar-refractivity contribution in [3.8, 4) is 0 Å². The van der Waals surface area contributed by atoms with E-state index in [-0.39, 0.29) is 19.0 Å². The third-order valence-electron chi connectivity index (χ3n) is 1.14. The number of anilines is 1. The molecule has 72 valence electrons. The Hall–Kier alpha value is -0.560. The van der Waals surface area contributed by atoms with Crippen molar-refractivity contribution in [1.29, 1.82) is 0 Å². The van der Waals surface area contributed by atoms with Gasteiger partial charge in [-0.25, -0.2) is 4.98 Å². The lowest BCUT2D eigenvalue weighted by Crippen LogP contribution is -2.13. The minimum absolute atomic E-state index is 0. The molecule has 0 aliphatic heterocycles. The molecule has 0 spiro atoms. The van der Waals surface area contributed by atoms with E-state index >= 15 is 0 Å². The number of rotatable bonds is 3. The minimum atomic E-state index is -0.893. The summed E-state index contributed by atoms with van der Waals surface area (Å²) in [4.78, 5) is 14.1. The maximum absolute atomic E-state index is 10.2. The number of pyridine rings is 1. The van der Waals surface area contributed by atoms with Gasteiger partial charge in [0.25, 0.3) is 0 Å². The van der Waals surface area contributed by atoms with E-state index in [2.05, 4.69) is 32.9 Å². The lowest BCUT2D eigenvalue weighted by Gasteiger charge is -2.01. The van der Waals surface area contributed by atoms with E-state index in [0.717, 1.165) is 3.57 Å². The SMILES string of the molecule is Cl.O=C(O)CNc1cc(I)ccn1. The van der Waals surface area contributed by atoms with Gasteiger partial charge in [-0.1, -0.05) is 0 Å².